The van der Waals surface area contributed by atoms with Crippen LogP contribution < -0.4 is 0 Å². The van der Waals surface area contributed by atoms with Crippen LogP contribution in [0.3, 0.4) is 0 Å². The molecule has 1 radical (unpaired) electrons. The van der Waals surface area contributed by atoms with Crippen molar-refractivity contribution in [1.29, 1.82) is 0 Å². The summed E-state index contributed by atoms with van der Waals surface area (Å²) in [7, 11) is 0.778. The van der Waals surface area contributed by atoms with E-state index in [-0.39, 0.29) is 0 Å². The van der Waals surface area contributed by atoms with Crippen LogP contribution in [-0.4, -0.2) is 24.8 Å². The van der Waals surface area contributed by atoms with E-state index in [1.54, 1.807) is 0 Å². The molecular weight excluding hydrogens is 139 g/mol. The highest BCUT2D eigenvalue weighted by Gasteiger charge is 1.74. The van der Waals surface area contributed by atoms with Crippen LogP contribution in [0.15, 0.2) is 0 Å². The van der Waals surface area contributed by atoms with Gasteiger partial charge in [0.15, 0.2) is 15.2 Å². The Hall–Kier alpha value is 1.04. The Balaban J connectivity index is 0. The molecule has 0 rings (SSSR count). The van der Waals surface area contributed by atoms with Crippen molar-refractivity contribution < 1.29 is 0 Å². The second kappa shape index (κ2) is 15.7. The lowest BCUT2D eigenvalue weighted by atomic mass is 10.9. The van der Waals surface area contributed by atoms with Crippen molar-refractivity contribution in [2.24, 2.45) is 0 Å². The zero-order chi connectivity index (χ0) is 6.12. The normalized spacial score (nSPS) is 6.71. The van der Waals surface area contributed by atoms with Gasteiger partial charge in [0, 0.05) is 0 Å². The van der Waals surface area contributed by atoms with Crippen molar-refractivity contribution in [2.45, 2.75) is 24.4 Å². The van der Waals surface area contributed by atoms with Gasteiger partial charge < -0.3 is 0 Å². The van der Waals surface area contributed by atoms with Gasteiger partial charge in [-0.1, -0.05) is 13.8 Å². The number of rotatable bonds is 2. The van der Waals surface area contributed by atoms with E-state index in [0.717, 1.165) is 24.8 Å². The Morgan fingerprint density at radius 2 is 1.57 bits per heavy atom. The van der Waals surface area contributed by atoms with Crippen LogP contribution in [0.4, 0.5) is 0 Å². The molecule has 7 heavy (non-hydrogen) atoms. The third-order valence-corrected chi connectivity index (χ3v) is 1.73. The van der Waals surface area contributed by atoms with Gasteiger partial charge in [0.2, 0.25) is 0 Å². The Kier molecular flexibility index (Phi) is 24.6. The molecule has 0 heterocycles. The van der Waals surface area contributed by atoms with Gasteiger partial charge in [-0.05, 0) is 0 Å². The van der Waals surface area contributed by atoms with Crippen LogP contribution in [0, 0.1) is 0 Å². The molecule has 0 atom stereocenters. The first-order chi connectivity index (χ1) is 3.41. The molecule has 0 aromatic carbocycles. The summed E-state index contributed by atoms with van der Waals surface area (Å²) in [4.78, 5) is 0. The van der Waals surface area contributed by atoms with Crippen LogP contribution >= 0.6 is 11.1 Å². The third-order valence-electron chi connectivity index (χ3n) is 0.577. The molecular formula is C4H13AlClSi. The predicted octanol–water partition coefficient (Wildman–Crippen LogP) is 1.07. The summed E-state index contributed by atoms with van der Waals surface area (Å²) >= 11 is 5.59. The largest absolute Gasteiger partial charge is 0.198 e. The minimum Gasteiger partial charge on any atom is -0.181 e. The quantitative estimate of drug-likeness (QED) is 0.409. The summed E-state index contributed by atoms with van der Waals surface area (Å²) in [6.07, 6.45) is 0. The highest BCUT2D eigenvalue weighted by atomic mass is 35.6. The monoisotopic (exact) mass is 151 g/mol. The molecule has 0 aliphatic rings. The summed E-state index contributed by atoms with van der Waals surface area (Å²) in [5, 5.41) is 2.85. The molecule has 0 aliphatic heterocycles. The maximum absolute atomic E-state index is 4.78. The van der Waals surface area contributed by atoms with Crippen molar-refractivity contribution in [3.8, 4) is 0 Å². The van der Waals surface area contributed by atoms with Gasteiger partial charge in [-0.15, -0.1) is 10.6 Å². The minimum atomic E-state index is 0.778. The Morgan fingerprint density at radius 3 is 1.57 bits per heavy atom. The van der Waals surface area contributed by atoms with Crippen molar-refractivity contribution >= 4 is 35.9 Å². The summed E-state index contributed by atoms with van der Waals surface area (Å²) in [5.74, 6) is 0. The average Bonchev–Trinajstić information content (AvgIpc) is 1.75. The van der Waals surface area contributed by atoms with Crippen molar-refractivity contribution in [2.75, 3.05) is 0 Å². The standard InChI is InChI=1S/2C2H5.Al.ClH3Si/c2*1-2;;1-2/h2*1H2,2H3;;2H3. The molecule has 0 saturated carbocycles. The van der Waals surface area contributed by atoms with Crippen LogP contribution in [0.5, 0.6) is 0 Å². The van der Waals surface area contributed by atoms with E-state index < -0.39 is 0 Å². The first-order valence-electron chi connectivity index (χ1n) is 2.61. The van der Waals surface area contributed by atoms with Crippen LogP contribution in [0.25, 0.3) is 0 Å². The van der Waals surface area contributed by atoms with E-state index in [1.807, 2.05) is 0 Å². The van der Waals surface area contributed by atoms with Crippen molar-refractivity contribution in [3.63, 3.8) is 0 Å². The molecule has 0 bridgehead atoms. The van der Waals surface area contributed by atoms with Gasteiger partial charge in [0.05, 0.1) is 0 Å². The fraction of sp³-hybridized carbons (Fsp3) is 1.00. The lowest BCUT2D eigenvalue weighted by molar-refractivity contribution is 1.36. The van der Waals surface area contributed by atoms with E-state index in [9.17, 15) is 0 Å². The lowest BCUT2D eigenvalue weighted by Gasteiger charge is -1.74. The van der Waals surface area contributed by atoms with Crippen LogP contribution in [0.2, 0.25) is 10.6 Å². The molecule has 0 fully saturated rings. The predicted molar refractivity (Wildman–Crippen MR) is 42.5 cm³/mol. The van der Waals surface area contributed by atoms with E-state index in [0.29, 0.717) is 0 Å². The molecule has 0 amide bonds. The Morgan fingerprint density at radius 1 is 1.29 bits per heavy atom. The summed E-state index contributed by atoms with van der Waals surface area (Å²) in [6.45, 7) is 4.50. The lowest BCUT2D eigenvalue weighted by Crippen LogP contribution is -1.76. The number of hydrogen-bond acceptors (Lipinski definition) is 0. The molecule has 43 valence electrons. The van der Waals surface area contributed by atoms with Crippen molar-refractivity contribution in [1.82, 2.24) is 0 Å². The van der Waals surface area contributed by atoms with E-state index in [1.165, 1.54) is 10.6 Å². The smallest absolute Gasteiger partial charge is 0.181 e. The van der Waals surface area contributed by atoms with Crippen molar-refractivity contribution in [3.05, 3.63) is 0 Å². The zero-order valence-corrected chi connectivity index (χ0v) is 9.28. The van der Waals surface area contributed by atoms with Gasteiger partial charge in [0.25, 0.3) is 0 Å². The average molecular weight is 152 g/mol. The second-order valence-corrected chi connectivity index (χ2v) is 3.32. The SMILES string of the molecule is C[CH2][Al][CH2]C.[SiH3]Cl. The fourth-order valence-corrected chi connectivity index (χ4v) is 0.866. The van der Waals surface area contributed by atoms with Gasteiger partial charge in [-0.25, -0.2) is 0 Å². The zero-order valence-electron chi connectivity index (χ0n) is 5.37. The summed E-state index contributed by atoms with van der Waals surface area (Å²) in [6, 6.07) is 0. The number of halogens is 1. The molecule has 0 unspecified atom stereocenters. The van der Waals surface area contributed by atoms with Gasteiger partial charge in [-0.2, -0.15) is 11.1 Å². The van der Waals surface area contributed by atoms with Crippen LogP contribution in [0.1, 0.15) is 13.8 Å². The molecule has 0 saturated heterocycles. The maximum atomic E-state index is 4.78. The topological polar surface area (TPSA) is 0 Å². The molecule has 0 N–H and O–H groups in total. The van der Waals surface area contributed by atoms with Crippen LogP contribution in [-0.2, 0) is 0 Å². The summed E-state index contributed by atoms with van der Waals surface area (Å²) in [5.41, 5.74) is 0. The van der Waals surface area contributed by atoms with E-state index >= 15 is 0 Å². The molecule has 0 nitrogen and oxygen atoms in total. The van der Waals surface area contributed by atoms with Gasteiger partial charge in [0.1, 0.15) is 9.55 Å². The van der Waals surface area contributed by atoms with Gasteiger partial charge >= 0.3 is 0 Å². The molecule has 0 aromatic rings. The Bertz CT molecular complexity index is 19.2. The third kappa shape index (κ3) is 19.4. The maximum Gasteiger partial charge on any atom is 0.198 e. The second-order valence-electron chi connectivity index (χ2n) is 1.11. The van der Waals surface area contributed by atoms with Gasteiger partial charge in [-0.3, -0.25) is 0 Å². The summed E-state index contributed by atoms with van der Waals surface area (Å²) < 4.78 is 0. The first-order valence-corrected chi connectivity index (χ1v) is 7.27. The molecule has 0 aromatic heterocycles. The minimum absolute atomic E-state index is 0.778. The molecule has 0 spiro atoms. The van der Waals surface area contributed by atoms with E-state index in [4.69, 9.17) is 11.1 Å². The molecule has 3 heteroatoms. The number of hydrogen-bond donors (Lipinski definition) is 0. The Labute approximate surface area is 60.5 Å². The van der Waals surface area contributed by atoms with E-state index in [2.05, 4.69) is 13.8 Å². The highest BCUT2D eigenvalue weighted by molar-refractivity contribution is 6.80. The fourth-order valence-electron chi connectivity index (χ4n) is 0.289. The molecule has 0 aliphatic carbocycles. The highest BCUT2D eigenvalue weighted by Crippen LogP contribution is 1.77. The first kappa shape index (κ1) is 10.9.